The van der Waals surface area contributed by atoms with Crippen molar-refractivity contribution in [2.75, 3.05) is 0 Å². The SMILES string of the molecule is C[C@@H](Cc1cccc(CO[Si](C)(C)C(C)(C)C)c1)N=[N+]=[N-]. The molecule has 5 heteroatoms. The van der Waals surface area contributed by atoms with Crippen molar-refractivity contribution in [3.8, 4) is 0 Å². The van der Waals surface area contributed by atoms with E-state index in [9.17, 15) is 0 Å². The molecule has 0 bridgehead atoms. The molecule has 21 heavy (non-hydrogen) atoms. The number of nitrogens with zero attached hydrogens (tertiary/aromatic N) is 3. The van der Waals surface area contributed by atoms with Crippen LogP contribution in [0.15, 0.2) is 29.4 Å². The number of azide groups is 1. The van der Waals surface area contributed by atoms with Crippen molar-refractivity contribution in [3.63, 3.8) is 0 Å². The number of rotatable bonds is 6. The molecule has 0 heterocycles. The molecule has 0 aliphatic heterocycles. The zero-order chi connectivity index (χ0) is 16.1. The highest BCUT2D eigenvalue weighted by atomic mass is 28.4. The van der Waals surface area contributed by atoms with E-state index in [1.165, 1.54) is 11.1 Å². The van der Waals surface area contributed by atoms with Crippen LogP contribution < -0.4 is 0 Å². The standard InChI is InChI=1S/C16H27N3OSi/c1-13(18-19-17)10-14-8-7-9-15(11-14)12-20-21(5,6)16(2,3)4/h7-9,11,13H,10,12H2,1-6H3/t13-/m0/s1. The van der Waals surface area contributed by atoms with E-state index in [0.717, 1.165) is 6.42 Å². The van der Waals surface area contributed by atoms with Gasteiger partial charge in [0.15, 0.2) is 8.32 Å². The lowest BCUT2D eigenvalue weighted by molar-refractivity contribution is 0.276. The Hall–Kier alpha value is -1.29. The molecule has 0 amide bonds. The van der Waals surface area contributed by atoms with Crippen molar-refractivity contribution in [1.82, 2.24) is 0 Å². The molecule has 0 N–H and O–H groups in total. The Morgan fingerprint density at radius 2 is 1.90 bits per heavy atom. The largest absolute Gasteiger partial charge is 0.413 e. The molecule has 1 aromatic carbocycles. The molecule has 0 fully saturated rings. The lowest BCUT2D eigenvalue weighted by atomic mass is 10.1. The molecule has 0 unspecified atom stereocenters. The smallest absolute Gasteiger partial charge is 0.192 e. The first-order chi connectivity index (χ1) is 9.65. The summed E-state index contributed by atoms with van der Waals surface area (Å²) in [7, 11) is -1.72. The molecule has 0 saturated carbocycles. The van der Waals surface area contributed by atoms with Gasteiger partial charge in [-0.05, 0) is 41.2 Å². The second-order valence-electron chi connectivity index (χ2n) is 7.13. The molecule has 0 radical (unpaired) electrons. The summed E-state index contributed by atoms with van der Waals surface area (Å²) in [5, 5.41) is 3.95. The summed E-state index contributed by atoms with van der Waals surface area (Å²) in [5.74, 6) is 0. The summed E-state index contributed by atoms with van der Waals surface area (Å²) in [5.41, 5.74) is 10.8. The number of hydrogen-bond donors (Lipinski definition) is 0. The topological polar surface area (TPSA) is 58.0 Å². The summed E-state index contributed by atoms with van der Waals surface area (Å²) in [6, 6.07) is 8.33. The molecule has 0 aromatic heterocycles. The lowest BCUT2D eigenvalue weighted by Crippen LogP contribution is -2.40. The maximum atomic E-state index is 8.46. The Kier molecular flexibility index (Phi) is 6.02. The van der Waals surface area contributed by atoms with Gasteiger partial charge in [-0.2, -0.15) is 0 Å². The highest BCUT2D eigenvalue weighted by Gasteiger charge is 2.36. The van der Waals surface area contributed by atoms with Crippen LogP contribution in [0, 0.1) is 0 Å². The first kappa shape index (κ1) is 17.8. The average molecular weight is 305 g/mol. The van der Waals surface area contributed by atoms with Crippen molar-refractivity contribution in [1.29, 1.82) is 0 Å². The van der Waals surface area contributed by atoms with E-state index in [2.05, 4.69) is 62.1 Å². The van der Waals surface area contributed by atoms with E-state index in [1.807, 2.05) is 13.0 Å². The molecular weight excluding hydrogens is 278 g/mol. The zero-order valence-corrected chi connectivity index (χ0v) is 15.1. The summed E-state index contributed by atoms with van der Waals surface area (Å²) in [6.07, 6.45) is 0.762. The normalized spacial score (nSPS) is 13.6. The minimum atomic E-state index is -1.72. The van der Waals surface area contributed by atoms with Crippen LogP contribution in [0.4, 0.5) is 0 Å². The van der Waals surface area contributed by atoms with Gasteiger partial charge >= 0.3 is 0 Å². The van der Waals surface area contributed by atoms with Crippen LogP contribution in [-0.4, -0.2) is 14.4 Å². The van der Waals surface area contributed by atoms with Crippen molar-refractivity contribution in [3.05, 3.63) is 45.8 Å². The van der Waals surface area contributed by atoms with Crippen molar-refractivity contribution in [2.45, 2.75) is 64.9 Å². The second-order valence-corrected chi connectivity index (χ2v) is 11.9. The molecule has 1 rings (SSSR count). The van der Waals surface area contributed by atoms with Gasteiger partial charge < -0.3 is 4.43 Å². The van der Waals surface area contributed by atoms with E-state index in [1.54, 1.807) is 0 Å². The first-order valence-electron chi connectivity index (χ1n) is 7.42. The molecule has 1 aromatic rings. The van der Waals surface area contributed by atoms with E-state index in [0.29, 0.717) is 6.61 Å². The Morgan fingerprint density at radius 3 is 2.48 bits per heavy atom. The third-order valence-electron chi connectivity index (χ3n) is 4.18. The van der Waals surface area contributed by atoms with Crippen molar-refractivity contribution < 1.29 is 4.43 Å². The van der Waals surface area contributed by atoms with Gasteiger partial charge in [0.1, 0.15) is 0 Å². The molecular formula is C16H27N3OSi. The minimum absolute atomic E-state index is 0.0217. The molecule has 0 saturated heterocycles. The average Bonchev–Trinajstić information content (AvgIpc) is 2.36. The zero-order valence-electron chi connectivity index (χ0n) is 14.1. The van der Waals surface area contributed by atoms with Crippen LogP contribution in [0.5, 0.6) is 0 Å². The van der Waals surface area contributed by atoms with Gasteiger partial charge in [0.05, 0.1) is 6.61 Å². The molecule has 4 nitrogen and oxygen atoms in total. The van der Waals surface area contributed by atoms with Gasteiger partial charge in [0.25, 0.3) is 0 Å². The lowest BCUT2D eigenvalue weighted by Gasteiger charge is -2.36. The fourth-order valence-electron chi connectivity index (χ4n) is 1.80. The molecule has 0 aliphatic rings. The van der Waals surface area contributed by atoms with E-state index in [-0.39, 0.29) is 11.1 Å². The fourth-order valence-corrected chi connectivity index (χ4v) is 2.76. The third-order valence-corrected chi connectivity index (χ3v) is 8.66. The summed E-state index contributed by atoms with van der Waals surface area (Å²) in [6.45, 7) is 13.9. The van der Waals surface area contributed by atoms with Crippen molar-refractivity contribution in [2.24, 2.45) is 5.11 Å². The van der Waals surface area contributed by atoms with Crippen LogP contribution in [0.25, 0.3) is 10.4 Å². The molecule has 1 atom stereocenters. The van der Waals surface area contributed by atoms with Gasteiger partial charge in [-0.15, -0.1) is 0 Å². The maximum Gasteiger partial charge on any atom is 0.192 e. The predicted octanol–water partition coefficient (Wildman–Crippen LogP) is 5.45. The van der Waals surface area contributed by atoms with E-state index < -0.39 is 8.32 Å². The van der Waals surface area contributed by atoms with Gasteiger partial charge in [0.2, 0.25) is 0 Å². The van der Waals surface area contributed by atoms with E-state index >= 15 is 0 Å². The number of hydrogen-bond acceptors (Lipinski definition) is 2. The van der Waals surface area contributed by atoms with Crippen LogP contribution in [0.3, 0.4) is 0 Å². The second kappa shape index (κ2) is 7.12. The van der Waals surface area contributed by atoms with Crippen molar-refractivity contribution >= 4 is 8.32 Å². The van der Waals surface area contributed by atoms with Crippen LogP contribution >= 0.6 is 0 Å². The minimum Gasteiger partial charge on any atom is -0.413 e. The summed E-state index contributed by atoms with van der Waals surface area (Å²) >= 11 is 0. The van der Waals surface area contributed by atoms with Crippen LogP contribution in [-0.2, 0) is 17.5 Å². The molecule has 0 spiro atoms. The van der Waals surface area contributed by atoms with Gasteiger partial charge in [-0.3, -0.25) is 0 Å². The van der Waals surface area contributed by atoms with Gasteiger partial charge in [-0.25, -0.2) is 0 Å². The maximum absolute atomic E-state index is 8.46. The highest BCUT2D eigenvalue weighted by molar-refractivity contribution is 6.74. The Labute approximate surface area is 129 Å². The number of benzene rings is 1. The van der Waals surface area contributed by atoms with E-state index in [4.69, 9.17) is 9.96 Å². The molecule has 116 valence electrons. The third kappa shape index (κ3) is 5.54. The monoisotopic (exact) mass is 305 g/mol. The van der Waals surface area contributed by atoms with Crippen LogP contribution in [0.1, 0.15) is 38.8 Å². The predicted molar refractivity (Wildman–Crippen MR) is 90.7 cm³/mol. The van der Waals surface area contributed by atoms with Gasteiger partial charge in [-0.1, -0.05) is 57.1 Å². The Morgan fingerprint density at radius 1 is 1.29 bits per heavy atom. The fraction of sp³-hybridized carbons (Fsp3) is 0.625. The molecule has 0 aliphatic carbocycles. The quantitative estimate of drug-likeness (QED) is 0.298. The van der Waals surface area contributed by atoms with Crippen LogP contribution in [0.2, 0.25) is 18.1 Å². The Balaban J connectivity index is 2.71. The summed E-state index contributed by atoms with van der Waals surface area (Å²) < 4.78 is 6.24. The first-order valence-corrected chi connectivity index (χ1v) is 10.3. The highest BCUT2D eigenvalue weighted by Crippen LogP contribution is 2.37. The Bertz CT molecular complexity index is 516. The van der Waals surface area contributed by atoms with Gasteiger partial charge in [0, 0.05) is 11.0 Å². The summed E-state index contributed by atoms with van der Waals surface area (Å²) in [4.78, 5) is 2.86.